The van der Waals surface area contributed by atoms with Crippen molar-refractivity contribution < 1.29 is 18.6 Å². The first kappa shape index (κ1) is 15.3. The lowest BCUT2D eigenvalue weighted by atomic mass is 10.1. The van der Waals surface area contributed by atoms with Crippen molar-refractivity contribution in [2.24, 2.45) is 0 Å². The zero-order valence-electron chi connectivity index (χ0n) is 13.3. The Morgan fingerprint density at radius 2 is 1.61 bits per heavy atom. The second kappa shape index (κ2) is 5.86. The first-order valence-corrected chi connectivity index (χ1v) is 7.42. The number of aryl methyl sites for hydroxylation is 2. The number of carbonyl (C=O) groups is 2. The van der Waals surface area contributed by atoms with Crippen molar-refractivity contribution in [1.82, 2.24) is 20.1 Å². The van der Waals surface area contributed by atoms with E-state index >= 15 is 0 Å². The van der Waals surface area contributed by atoms with E-state index in [1.165, 1.54) is 0 Å². The van der Waals surface area contributed by atoms with Gasteiger partial charge in [-0.2, -0.15) is 0 Å². The normalized spacial score (nSPS) is 18.3. The Morgan fingerprint density at radius 1 is 1.04 bits per heavy atom. The van der Waals surface area contributed by atoms with Gasteiger partial charge in [-0.05, 0) is 20.8 Å². The summed E-state index contributed by atoms with van der Waals surface area (Å²) in [7, 11) is 0. The van der Waals surface area contributed by atoms with Crippen molar-refractivity contribution in [1.29, 1.82) is 0 Å². The maximum absolute atomic E-state index is 12.4. The minimum absolute atomic E-state index is 0.130. The molecule has 0 aromatic carbocycles. The van der Waals surface area contributed by atoms with Crippen LogP contribution in [0, 0.1) is 13.8 Å². The van der Waals surface area contributed by atoms with Crippen LogP contribution in [-0.4, -0.2) is 57.6 Å². The van der Waals surface area contributed by atoms with E-state index in [0.717, 1.165) is 0 Å². The van der Waals surface area contributed by atoms with E-state index in [1.54, 1.807) is 35.8 Å². The molecule has 23 heavy (non-hydrogen) atoms. The largest absolute Gasteiger partial charge is 0.351 e. The molecule has 0 aliphatic carbocycles. The minimum atomic E-state index is -0.208. The van der Waals surface area contributed by atoms with Gasteiger partial charge in [0.25, 0.3) is 11.8 Å². The highest BCUT2D eigenvalue weighted by molar-refractivity contribution is 5.93. The number of piperazine rings is 1. The summed E-state index contributed by atoms with van der Waals surface area (Å²) in [6.45, 7) is 6.71. The van der Waals surface area contributed by atoms with Crippen LogP contribution in [0.2, 0.25) is 0 Å². The van der Waals surface area contributed by atoms with Crippen molar-refractivity contribution >= 4 is 11.8 Å². The quantitative estimate of drug-likeness (QED) is 0.828. The molecule has 1 aliphatic heterocycles. The molecule has 0 radical (unpaired) electrons. The highest BCUT2D eigenvalue weighted by Gasteiger charge is 2.33. The lowest BCUT2D eigenvalue weighted by Crippen LogP contribution is -2.55. The number of hydrogen-bond donors (Lipinski definition) is 0. The van der Waals surface area contributed by atoms with E-state index in [-0.39, 0.29) is 29.4 Å². The summed E-state index contributed by atoms with van der Waals surface area (Å²) in [5, 5.41) is 7.47. The molecule has 0 saturated carbocycles. The Bertz CT molecular complexity index is 735. The molecule has 3 rings (SSSR count). The Hall–Kier alpha value is -2.64. The van der Waals surface area contributed by atoms with Crippen LogP contribution in [0.1, 0.15) is 39.4 Å². The predicted molar refractivity (Wildman–Crippen MR) is 78.9 cm³/mol. The first-order chi connectivity index (χ1) is 11.0. The maximum atomic E-state index is 12.4. The molecule has 1 aliphatic rings. The monoisotopic (exact) mass is 318 g/mol. The van der Waals surface area contributed by atoms with Gasteiger partial charge in [-0.25, -0.2) is 0 Å². The summed E-state index contributed by atoms with van der Waals surface area (Å²) in [6.07, 6.45) is 0. The average molecular weight is 318 g/mol. The SMILES string of the molecule is Cc1cc(C(=O)N2CCN(C(=O)c3cc(C)no3)[C@@H](C)C2)on1. The summed E-state index contributed by atoms with van der Waals surface area (Å²) in [5.74, 6) is 0.0288. The smallest absolute Gasteiger partial charge is 0.292 e. The summed E-state index contributed by atoms with van der Waals surface area (Å²) < 4.78 is 10.0. The fraction of sp³-hybridized carbons (Fsp3) is 0.467. The molecule has 1 atom stereocenters. The van der Waals surface area contributed by atoms with Crippen LogP contribution in [-0.2, 0) is 0 Å². The third-order valence-corrected chi connectivity index (χ3v) is 3.85. The van der Waals surface area contributed by atoms with Gasteiger partial charge >= 0.3 is 0 Å². The third kappa shape index (κ3) is 2.96. The first-order valence-electron chi connectivity index (χ1n) is 7.42. The molecule has 2 amide bonds. The Balaban J connectivity index is 1.67. The molecule has 1 fully saturated rings. The van der Waals surface area contributed by atoms with Crippen molar-refractivity contribution in [2.45, 2.75) is 26.8 Å². The van der Waals surface area contributed by atoms with Gasteiger partial charge in [0.05, 0.1) is 11.4 Å². The predicted octanol–water partition coefficient (Wildman–Crippen LogP) is 1.27. The molecule has 8 nitrogen and oxygen atoms in total. The molecule has 2 aromatic rings. The molecule has 3 heterocycles. The summed E-state index contributed by atoms with van der Waals surface area (Å²) in [5.41, 5.74) is 1.33. The zero-order chi connectivity index (χ0) is 16.6. The van der Waals surface area contributed by atoms with E-state index < -0.39 is 0 Å². The van der Waals surface area contributed by atoms with Crippen LogP contribution in [0.5, 0.6) is 0 Å². The van der Waals surface area contributed by atoms with Gasteiger partial charge < -0.3 is 18.8 Å². The van der Waals surface area contributed by atoms with Gasteiger partial charge in [0.15, 0.2) is 0 Å². The van der Waals surface area contributed by atoms with Crippen molar-refractivity contribution in [2.75, 3.05) is 19.6 Å². The third-order valence-electron chi connectivity index (χ3n) is 3.85. The van der Waals surface area contributed by atoms with Crippen LogP contribution in [0.25, 0.3) is 0 Å². The lowest BCUT2D eigenvalue weighted by molar-refractivity contribution is 0.0372. The van der Waals surface area contributed by atoms with Crippen molar-refractivity contribution in [3.8, 4) is 0 Å². The maximum Gasteiger partial charge on any atom is 0.292 e. The van der Waals surface area contributed by atoms with E-state index in [9.17, 15) is 9.59 Å². The zero-order valence-corrected chi connectivity index (χ0v) is 13.3. The second-order valence-electron chi connectivity index (χ2n) is 5.76. The average Bonchev–Trinajstić information content (AvgIpc) is 3.14. The fourth-order valence-corrected chi connectivity index (χ4v) is 2.67. The summed E-state index contributed by atoms with van der Waals surface area (Å²) in [6, 6.07) is 3.10. The van der Waals surface area contributed by atoms with Gasteiger partial charge in [0.1, 0.15) is 0 Å². The van der Waals surface area contributed by atoms with Crippen molar-refractivity contribution in [3.05, 3.63) is 35.0 Å². The van der Waals surface area contributed by atoms with Crippen LogP contribution >= 0.6 is 0 Å². The van der Waals surface area contributed by atoms with Gasteiger partial charge in [0.2, 0.25) is 11.5 Å². The molecular weight excluding hydrogens is 300 g/mol. The number of amides is 2. The standard InChI is InChI=1S/C15H18N4O4/c1-9-6-12(22-16-9)14(20)18-4-5-19(11(3)8-18)15(21)13-7-10(2)17-23-13/h6-7,11H,4-5,8H2,1-3H3/t11-/m0/s1. The molecule has 2 aromatic heterocycles. The number of rotatable bonds is 2. The summed E-state index contributed by atoms with van der Waals surface area (Å²) >= 11 is 0. The Morgan fingerprint density at radius 3 is 2.09 bits per heavy atom. The summed E-state index contributed by atoms with van der Waals surface area (Å²) in [4.78, 5) is 28.2. The van der Waals surface area contributed by atoms with E-state index in [4.69, 9.17) is 9.05 Å². The number of aromatic nitrogens is 2. The molecule has 8 heteroatoms. The molecule has 0 unspecified atom stereocenters. The van der Waals surface area contributed by atoms with E-state index in [1.807, 2.05) is 6.92 Å². The van der Waals surface area contributed by atoms with Gasteiger partial charge in [0, 0.05) is 37.8 Å². The van der Waals surface area contributed by atoms with Crippen LogP contribution < -0.4 is 0 Å². The minimum Gasteiger partial charge on any atom is -0.351 e. The lowest BCUT2D eigenvalue weighted by Gasteiger charge is -2.38. The molecule has 0 spiro atoms. The van der Waals surface area contributed by atoms with Gasteiger partial charge in [-0.1, -0.05) is 10.3 Å². The number of carbonyl (C=O) groups excluding carboxylic acids is 2. The molecule has 122 valence electrons. The van der Waals surface area contributed by atoms with Crippen LogP contribution in [0.4, 0.5) is 0 Å². The highest BCUT2D eigenvalue weighted by Crippen LogP contribution is 2.17. The Labute approximate surface area is 133 Å². The topological polar surface area (TPSA) is 92.7 Å². The van der Waals surface area contributed by atoms with E-state index in [0.29, 0.717) is 31.0 Å². The molecular formula is C15H18N4O4. The number of hydrogen-bond acceptors (Lipinski definition) is 6. The molecule has 1 saturated heterocycles. The van der Waals surface area contributed by atoms with E-state index in [2.05, 4.69) is 10.3 Å². The van der Waals surface area contributed by atoms with Gasteiger partial charge in [-0.15, -0.1) is 0 Å². The van der Waals surface area contributed by atoms with Crippen LogP contribution in [0.15, 0.2) is 21.2 Å². The molecule has 0 N–H and O–H groups in total. The van der Waals surface area contributed by atoms with Gasteiger partial charge in [-0.3, -0.25) is 9.59 Å². The fourth-order valence-electron chi connectivity index (χ4n) is 2.67. The second-order valence-corrected chi connectivity index (χ2v) is 5.76. The van der Waals surface area contributed by atoms with Crippen molar-refractivity contribution in [3.63, 3.8) is 0 Å². The van der Waals surface area contributed by atoms with Crippen LogP contribution in [0.3, 0.4) is 0 Å². The number of nitrogens with zero attached hydrogens (tertiary/aromatic N) is 4. The Kier molecular flexibility index (Phi) is 3.89. The highest BCUT2D eigenvalue weighted by atomic mass is 16.5. The molecule has 0 bridgehead atoms.